The van der Waals surface area contributed by atoms with Gasteiger partial charge in [0.1, 0.15) is 0 Å². The summed E-state index contributed by atoms with van der Waals surface area (Å²) in [6.45, 7) is 5.65. The number of nitrogens with zero attached hydrogens (tertiary/aromatic N) is 1. The summed E-state index contributed by atoms with van der Waals surface area (Å²) in [4.78, 5) is 2.32. The molecule has 4 nitrogen and oxygen atoms in total. The predicted octanol–water partition coefficient (Wildman–Crippen LogP) is 3.06. The average Bonchev–Trinajstić information content (AvgIpc) is 2.94. The Hall–Kier alpha value is -0.970. The molecular weight excluding hydrogens is 278 g/mol. The highest BCUT2D eigenvalue weighted by atomic mass is 35.5. The van der Waals surface area contributed by atoms with Crippen molar-refractivity contribution in [3.05, 3.63) is 22.7 Å². The highest BCUT2D eigenvalue weighted by molar-refractivity contribution is 6.32. The second-order valence-corrected chi connectivity index (χ2v) is 5.50. The van der Waals surface area contributed by atoms with E-state index >= 15 is 0 Å². The van der Waals surface area contributed by atoms with E-state index in [1.807, 2.05) is 6.07 Å². The molecule has 1 aliphatic rings. The SMILES string of the molecule is CCN(Cc1cc(Cl)c(O)c(OC)c1)CC1CCCO1. The topological polar surface area (TPSA) is 41.9 Å². The van der Waals surface area contributed by atoms with E-state index in [1.165, 1.54) is 7.11 Å². The van der Waals surface area contributed by atoms with Crippen LogP contribution in [0, 0.1) is 0 Å². The largest absolute Gasteiger partial charge is 0.503 e. The number of methoxy groups -OCH3 is 1. The lowest BCUT2D eigenvalue weighted by molar-refractivity contribution is 0.0724. The van der Waals surface area contributed by atoms with Gasteiger partial charge in [0.15, 0.2) is 11.5 Å². The van der Waals surface area contributed by atoms with Crippen molar-refractivity contribution in [2.45, 2.75) is 32.4 Å². The molecule has 5 heteroatoms. The number of benzene rings is 1. The van der Waals surface area contributed by atoms with E-state index in [-0.39, 0.29) is 5.75 Å². The molecule has 0 saturated carbocycles. The maximum absolute atomic E-state index is 9.75. The predicted molar refractivity (Wildman–Crippen MR) is 79.6 cm³/mol. The molecule has 0 spiro atoms. The number of phenols is 1. The number of likely N-dealkylation sites (N-methyl/N-ethyl adjacent to an activating group) is 1. The minimum absolute atomic E-state index is 0.0000846. The van der Waals surface area contributed by atoms with Crippen molar-refractivity contribution in [2.24, 2.45) is 0 Å². The van der Waals surface area contributed by atoms with Crippen LogP contribution in [0.2, 0.25) is 5.02 Å². The lowest BCUT2D eigenvalue weighted by Gasteiger charge is -2.24. The third kappa shape index (κ3) is 3.78. The molecule has 1 aromatic rings. The molecule has 1 unspecified atom stereocenters. The highest BCUT2D eigenvalue weighted by Gasteiger charge is 2.19. The molecule has 1 heterocycles. The monoisotopic (exact) mass is 299 g/mol. The molecule has 112 valence electrons. The molecule has 0 radical (unpaired) electrons. The summed E-state index contributed by atoms with van der Waals surface area (Å²) in [5, 5.41) is 10.1. The summed E-state index contributed by atoms with van der Waals surface area (Å²) in [7, 11) is 1.53. The molecule has 0 aliphatic carbocycles. The molecule has 0 bridgehead atoms. The number of ether oxygens (including phenoxy) is 2. The van der Waals surface area contributed by atoms with Gasteiger partial charge in [0.05, 0.1) is 18.2 Å². The first-order chi connectivity index (χ1) is 9.63. The third-order valence-electron chi connectivity index (χ3n) is 3.65. The molecule has 1 fully saturated rings. The zero-order valence-electron chi connectivity index (χ0n) is 12.1. The molecule has 1 saturated heterocycles. The van der Waals surface area contributed by atoms with Crippen LogP contribution in [0.25, 0.3) is 0 Å². The Morgan fingerprint density at radius 1 is 1.50 bits per heavy atom. The molecule has 20 heavy (non-hydrogen) atoms. The molecule has 0 aromatic heterocycles. The Kier molecular flexibility index (Phi) is 5.52. The first-order valence-corrected chi connectivity index (χ1v) is 7.41. The third-order valence-corrected chi connectivity index (χ3v) is 3.94. The van der Waals surface area contributed by atoms with Crippen LogP contribution >= 0.6 is 11.6 Å². The van der Waals surface area contributed by atoms with Gasteiger partial charge in [-0.25, -0.2) is 0 Å². The van der Waals surface area contributed by atoms with Crippen LogP contribution in [0.4, 0.5) is 0 Å². The fourth-order valence-corrected chi connectivity index (χ4v) is 2.75. The van der Waals surface area contributed by atoms with Crippen molar-refractivity contribution in [1.82, 2.24) is 4.90 Å². The number of halogens is 1. The summed E-state index contributed by atoms with van der Waals surface area (Å²) in [5.74, 6) is 0.417. The van der Waals surface area contributed by atoms with Gasteiger partial charge in [-0.05, 0) is 37.1 Å². The number of aromatic hydroxyl groups is 1. The van der Waals surface area contributed by atoms with Crippen molar-refractivity contribution in [1.29, 1.82) is 0 Å². The zero-order valence-corrected chi connectivity index (χ0v) is 12.8. The minimum atomic E-state index is 0.0000846. The van der Waals surface area contributed by atoms with Crippen LogP contribution in [-0.2, 0) is 11.3 Å². The molecule has 2 rings (SSSR count). The fourth-order valence-electron chi connectivity index (χ4n) is 2.51. The van der Waals surface area contributed by atoms with Gasteiger partial charge in [0.25, 0.3) is 0 Å². The average molecular weight is 300 g/mol. The molecule has 1 aromatic carbocycles. The number of rotatable bonds is 6. The zero-order chi connectivity index (χ0) is 14.5. The first kappa shape index (κ1) is 15.4. The maximum atomic E-state index is 9.75. The summed E-state index contributed by atoms with van der Waals surface area (Å²) in [6.07, 6.45) is 2.63. The molecule has 1 atom stereocenters. The minimum Gasteiger partial charge on any atom is -0.503 e. The van der Waals surface area contributed by atoms with Crippen molar-refractivity contribution >= 4 is 11.6 Å². The standard InChI is InChI=1S/C15H22ClNO3/c1-3-17(10-12-5-4-6-20-12)9-11-7-13(16)15(18)14(8-11)19-2/h7-8,12,18H,3-6,9-10H2,1-2H3. The summed E-state index contributed by atoms with van der Waals surface area (Å²) >= 11 is 6.02. The lowest BCUT2D eigenvalue weighted by Crippen LogP contribution is -2.31. The second kappa shape index (κ2) is 7.16. The fraction of sp³-hybridized carbons (Fsp3) is 0.600. The summed E-state index contributed by atoms with van der Waals surface area (Å²) in [5.41, 5.74) is 1.03. The normalized spacial score (nSPS) is 18.7. The van der Waals surface area contributed by atoms with Crippen LogP contribution in [0.1, 0.15) is 25.3 Å². The smallest absolute Gasteiger partial charge is 0.176 e. The van der Waals surface area contributed by atoms with Crippen molar-refractivity contribution in [3.63, 3.8) is 0 Å². The number of phenolic OH excluding ortho intramolecular Hbond substituents is 1. The Morgan fingerprint density at radius 2 is 2.30 bits per heavy atom. The Bertz CT molecular complexity index is 447. The molecule has 1 N–H and O–H groups in total. The second-order valence-electron chi connectivity index (χ2n) is 5.09. The van der Waals surface area contributed by atoms with Gasteiger partial charge in [-0.15, -0.1) is 0 Å². The molecule has 1 aliphatic heterocycles. The van der Waals surface area contributed by atoms with Crippen LogP contribution in [0.15, 0.2) is 12.1 Å². The summed E-state index contributed by atoms with van der Waals surface area (Å²) < 4.78 is 10.8. The van der Waals surface area contributed by atoms with Crippen molar-refractivity contribution < 1.29 is 14.6 Å². The van der Waals surface area contributed by atoms with E-state index in [0.717, 1.165) is 44.6 Å². The number of hydrogen-bond acceptors (Lipinski definition) is 4. The number of hydrogen-bond donors (Lipinski definition) is 1. The van der Waals surface area contributed by atoms with Gasteiger partial charge < -0.3 is 14.6 Å². The Balaban J connectivity index is 2.04. The first-order valence-electron chi connectivity index (χ1n) is 7.03. The van der Waals surface area contributed by atoms with Gasteiger partial charge in [-0.3, -0.25) is 4.90 Å². The quantitative estimate of drug-likeness (QED) is 0.876. The van der Waals surface area contributed by atoms with E-state index in [1.54, 1.807) is 6.07 Å². The highest BCUT2D eigenvalue weighted by Crippen LogP contribution is 2.35. The van der Waals surface area contributed by atoms with Crippen molar-refractivity contribution in [3.8, 4) is 11.5 Å². The van der Waals surface area contributed by atoms with Gasteiger partial charge in [-0.1, -0.05) is 18.5 Å². The van der Waals surface area contributed by atoms with Crippen LogP contribution in [0.5, 0.6) is 11.5 Å². The lowest BCUT2D eigenvalue weighted by atomic mass is 10.1. The van der Waals surface area contributed by atoms with Crippen LogP contribution in [-0.4, -0.2) is 42.9 Å². The van der Waals surface area contributed by atoms with Gasteiger partial charge >= 0.3 is 0 Å². The van der Waals surface area contributed by atoms with Crippen LogP contribution < -0.4 is 4.74 Å². The Morgan fingerprint density at radius 3 is 2.90 bits per heavy atom. The van der Waals surface area contributed by atoms with E-state index in [9.17, 15) is 5.11 Å². The van der Waals surface area contributed by atoms with Crippen LogP contribution in [0.3, 0.4) is 0 Å². The van der Waals surface area contributed by atoms with Crippen molar-refractivity contribution in [2.75, 3.05) is 26.8 Å². The van der Waals surface area contributed by atoms with E-state index in [4.69, 9.17) is 21.1 Å². The van der Waals surface area contributed by atoms with Gasteiger partial charge in [0.2, 0.25) is 0 Å². The summed E-state index contributed by atoms with van der Waals surface area (Å²) in [6, 6.07) is 3.62. The van der Waals surface area contributed by atoms with E-state index < -0.39 is 0 Å². The molecule has 0 amide bonds. The van der Waals surface area contributed by atoms with Gasteiger partial charge in [0, 0.05) is 19.7 Å². The Labute approximate surface area is 125 Å². The van der Waals surface area contributed by atoms with Gasteiger partial charge in [-0.2, -0.15) is 0 Å². The maximum Gasteiger partial charge on any atom is 0.176 e. The molecular formula is C15H22ClNO3. The van der Waals surface area contributed by atoms with E-state index in [2.05, 4.69) is 11.8 Å². The van der Waals surface area contributed by atoms with E-state index in [0.29, 0.717) is 16.9 Å².